The van der Waals surface area contributed by atoms with Crippen molar-refractivity contribution in [3.05, 3.63) is 29.3 Å². The predicted molar refractivity (Wildman–Crippen MR) is 78.9 cm³/mol. The van der Waals surface area contributed by atoms with Crippen molar-refractivity contribution >= 4 is 5.91 Å². The third-order valence-corrected chi connectivity index (χ3v) is 3.96. The maximum absolute atomic E-state index is 12.1. The number of nitrogens with one attached hydrogen (secondary N) is 2. The number of benzene rings is 1. The highest BCUT2D eigenvalue weighted by Gasteiger charge is 2.29. The highest BCUT2D eigenvalue weighted by atomic mass is 16.5. The molecule has 4 nitrogen and oxygen atoms in total. The zero-order valence-corrected chi connectivity index (χ0v) is 12.8. The van der Waals surface area contributed by atoms with Crippen LogP contribution in [0.15, 0.2) is 18.2 Å². The minimum atomic E-state index is -0.0548. The summed E-state index contributed by atoms with van der Waals surface area (Å²) in [5, 5.41) is 3.07. The number of rotatable bonds is 6. The van der Waals surface area contributed by atoms with Crippen molar-refractivity contribution in [3.63, 3.8) is 0 Å². The average Bonchev–Trinajstić information content (AvgIpc) is 3.22. The molecule has 4 heteroatoms. The highest BCUT2D eigenvalue weighted by molar-refractivity contribution is 5.80. The van der Waals surface area contributed by atoms with Crippen LogP contribution in [-0.4, -0.2) is 32.1 Å². The molecule has 0 bridgehead atoms. The summed E-state index contributed by atoms with van der Waals surface area (Å²) in [5.74, 6) is 1.04. The van der Waals surface area contributed by atoms with Gasteiger partial charge in [-0.15, -0.1) is 0 Å². The molecule has 2 N–H and O–H groups in total. The van der Waals surface area contributed by atoms with E-state index in [1.54, 1.807) is 7.11 Å². The molecule has 20 heavy (non-hydrogen) atoms. The Morgan fingerprint density at radius 2 is 2.20 bits per heavy atom. The summed E-state index contributed by atoms with van der Waals surface area (Å²) >= 11 is 0. The van der Waals surface area contributed by atoms with Crippen molar-refractivity contribution in [1.29, 1.82) is 0 Å². The van der Waals surface area contributed by atoms with Gasteiger partial charge in [-0.25, -0.2) is 0 Å². The first kappa shape index (κ1) is 14.9. The van der Waals surface area contributed by atoms with Gasteiger partial charge < -0.3 is 15.0 Å². The predicted octanol–water partition coefficient (Wildman–Crippen LogP) is 0.685. The standard InChI is InChI=1S/C16H24N2O2/c1-11-5-8-15(20-4)13(9-11)10-18(3)12(2)16(19)17-14-6-7-14/h5,8-9,12,14H,6-7,10H2,1-4H3,(H,17,19)/p+1/t12-/m1/s1. The van der Waals surface area contributed by atoms with E-state index in [1.165, 1.54) is 10.5 Å². The van der Waals surface area contributed by atoms with Gasteiger partial charge in [0, 0.05) is 11.6 Å². The van der Waals surface area contributed by atoms with Gasteiger partial charge in [-0.2, -0.15) is 0 Å². The molecule has 0 spiro atoms. The Morgan fingerprint density at radius 3 is 2.80 bits per heavy atom. The molecule has 1 aliphatic rings. The molecular weight excluding hydrogens is 252 g/mol. The van der Waals surface area contributed by atoms with Crippen molar-refractivity contribution in [2.45, 2.75) is 45.3 Å². The van der Waals surface area contributed by atoms with Crippen molar-refractivity contribution < 1.29 is 14.4 Å². The molecule has 0 aliphatic heterocycles. The van der Waals surface area contributed by atoms with Crippen LogP contribution in [0.5, 0.6) is 5.75 Å². The summed E-state index contributed by atoms with van der Waals surface area (Å²) in [6.45, 7) is 4.83. The molecule has 2 atom stereocenters. The second-order valence-corrected chi connectivity index (χ2v) is 5.84. The normalized spacial score (nSPS) is 17.4. The van der Waals surface area contributed by atoms with Gasteiger partial charge in [0.25, 0.3) is 5.91 Å². The summed E-state index contributed by atoms with van der Waals surface area (Å²) in [7, 11) is 3.74. The van der Waals surface area contributed by atoms with Gasteiger partial charge in [0.2, 0.25) is 0 Å². The number of quaternary nitrogens is 1. The quantitative estimate of drug-likeness (QED) is 0.803. The van der Waals surface area contributed by atoms with Gasteiger partial charge in [-0.05, 0) is 38.8 Å². The second-order valence-electron chi connectivity index (χ2n) is 5.84. The van der Waals surface area contributed by atoms with E-state index < -0.39 is 0 Å². The summed E-state index contributed by atoms with van der Waals surface area (Å²) < 4.78 is 5.40. The maximum atomic E-state index is 12.1. The van der Waals surface area contributed by atoms with Gasteiger partial charge >= 0.3 is 0 Å². The lowest BCUT2D eigenvalue weighted by atomic mass is 10.1. The van der Waals surface area contributed by atoms with Crippen LogP contribution in [0.25, 0.3) is 0 Å². The Labute approximate surface area is 121 Å². The smallest absolute Gasteiger partial charge is 0.278 e. The Morgan fingerprint density at radius 1 is 1.50 bits per heavy atom. The Kier molecular flexibility index (Phi) is 4.65. The van der Waals surface area contributed by atoms with Crippen LogP contribution in [0.1, 0.15) is 30.9 Å². The lowest BCUT2D eigenvalue weighted by molar-refractivity contribution is -0.908. The molecular formula is C16H25N2O2+. The van der Waals surface area contributed by atoms with E-state index in [-0.39, 0.29) is 11.9 Å². The lowest BCUT2D eigenvalue weighted by Crippen LogP contribution is -3.12. The van der Waals surface area contributed by atoms with Crippen molar-refractivity contribution in [1.82, 2.24) is 5.32 Å². The first-order valence-electron chi connectivity index (χ1n) is 7.27. The van der Waals surface area contributed by atoms with Gasteiger partial charge in [-0.3, -0.25) is 4.79 Å². The van der Waals surface area contributed by atoms with Crippen LogP contribution < -0.4 is 15.0 Å². The van der Waals surface area contributed by atoms with Crippen LogP contribution in [-0.2, 0) is 11.3 Å². The van der Waals surface area contributed by atoms with E-state index in [9.17, 15) is 4.79 Å². The van der Waals surface area contributed by atoms with Gasteiger partial charge in [0.15, 0.2) is 6.04 Å². The van der Waals surface area contributed by atoms with E-state index in [0.717, 1.165) is 30.7 Å². The number of carbonyl (C=O) groups excluding carboxylic acids is 1. The van der Waals surface area contributed by atoms with Crippen LogP contribution >= 0.6 is 0 Å². The van der Waals surface area contributed by atoms with E-state index in [4.69, 9.17) is 4.74 Å². The maximum Gasteiger partial charge on any atom is 0.278 e. The van der Waals surface area contributed by atoms with Crippen molar-refractivity contribution in [2.24, 2.45) is 0 Å². The third-order valence-electron chi connectivity index (χ3n) is 3.96. The van der Waals surface area contributed by atoms with E-state index in [1.807, 2.05) is 19.1 Å². The number of hydrogen-bond acceptors (Lipinski definition) is 2. The monoisotopic (exact) mass is 277 g/mol. The average molecular weight is 277 g/mol. The molecule has 2 rings (SSSR count). The molecule has 1 unspecified atom stereocenters. The molecule has 1 fully saturated rings. The summed E-state index contributed by atoms with van der Waals surface area (Å²) in [6.07, 6.45) is 2.26. The summed E-state index contributed by atoms with van der Waals surface area (Å²) in [6, 6.07) is 6.54. The Hall–Kier alpha value is -1.55. The van der Waals surface area contributed by atoms with Gasteiger partial charge in [-0.1, -0.05) is 11.6 Å². The van der Waals surface area contributed by atoms with Crippen LogP contribution in [0.3, 0.4) is 0 Å². The molecule has 0 heterocycles. The molecule has 0 radical (unpaired) electrons. The van der Waals surface area contributed by atoms with Gasteiger partial charge in [0.05, 0.1) is 14.2 Å². The number of ether oxygens (including phenoxy) is 1. The summed E-state index contributed by atoms with van der Waals surface area (Å²) in [5.41, 5.74) is 2.36. The van der Waals surface area contributed by atoms with E-state index in [2.05, 4.69) is 25.4 Å². The minimum Gasteiger partial charge on any atom is -0.496 e. The molecule has 1 amide bonds. The fraction of sp³-hybridized carbons (Fsp3) is 0.562. The first-order valence-corrected chi connectivity index (χ1v) is 7.27. The highest BCUT2D eigenvalue weighted by Crippen LogP contribution is 2.19. The number of aryl methyl sites for hydroxylation is 1. The fourth-order valence-electron chi connectivity index (χ4n) is 2.28. The number of likely N-dealkylation sites (N-methyl/N-ethyl adjacent to an activating group) is 1. The van der Waals surface area contributed by atoms with E-state index >= 15 is 0 Å². The molecule has 1 aromatic carbocycles. The molecule has 0 aromatic heterocycles. The molecule has 110 valence electrons. The molecule has 1 aliphatic carbocycles. The van der Waals surface area contributed by atoms with Crippen LogP contribution in [0, 0.1) is 6.92 Å². The number of hydrogen-bond donors (Lipinski definition) is 2. The zero-order valence-electron chi connectivity index (χ0n) is 12.8. The second kappa shape index (κ2) is 6.27. The van der Waals surface area contributed by atoms with E-state index in [0.29, 0.717) is 6.04 Å². The summed E-state index contributed by atoms with van der Waals surface area (Å²) in [4.78, 5) is 13.3. The first-order chi connectivity index (χ1) is 9.51. The zero-order chi connectivity index (χ0) is 14.7. The Balaban J connectivity index is 2.00. The minimum absolute atomic E-state index is 0.0548. The Bertz CT molecular complexity index is 483. The number of carbonyl (C=O) groups is 1. The number of methoxy groups -OCH3 is 1. The lowest BCUT2D eigenvalue weighted by Gasteiger charge is -2.22. The largest absolute Gasteiger partial charge is 0.496 e. The van der Waals surface area contributed by atoms with Gasteiger partial charge in [0.1, 0.15) is 12.3 Å². The number of amides is 1. The SMILES string of the molecule is COc1ccc(C)cc1C[NH+](C)[C@H](C)C(=O)NC1CC1. The van der Waals surface area contributed by atoms with Crippen molar-refractivity contribution in [3.8, 4) is 5.75 Å². The topological polar surface area (TPSA) is 42.8 Å². The van der Waals surface area contributed by atoms with Crippen LogP contribution in [0.2, 0.25) is 0 Å². The van der Waals surface area contributed by atoms with Crippen molar-refractivity contribution in [2.75, 3.05) is 14.2 Å². The molecule has 0 saturated heterocycles. The van der Waals surface area contributed by atoms with Crippen LogP contribution in [0.4, 0.5) is 0 Å². The third kappa shape index (κ3) is 3.73. The fourth-order valence-corrected chi connectivity index (χ4v) is 2.28. The molecule has 1 saturated carbocycles. The molecule has 1 aromatic rings.